The number of nitrogens with zero attached hydrogens (tertiary/aromatic N) is 2. The number of carbonyl (C=O) groups is 1. The van der Waals surface area contributed by atoms with Gasteiger partial charge in [-0.3, -0.25) is 4.31 Å². The van der Waals surface area contributed by atoms with Crippen molar-refractivity contribution in [2.75, 3.05) is 16.2 Å². The van der Waals surface area contributed by atoms with E-state index >= 15 is 0 Å². The van der Waals surface area contributed by atoms with Crippen molar-refractivity contribution in [1.82, 2.24) is 4.98 Å². The van der Waals surface area contributed by atoms with Crippen LogP contribution in [0.1, 0.15) is 27.2 Å². The number of nitrogens with one attached hydrogen (secondary N) is 1. The fourth-order valence-electron chi connectivity index (χ4n) is 2.67. The molecule has 0 amide bonds. The third kappa shape index (κ3) is 4.77. The minimum absolute atomic E-state index is 0.0502. The molecule has 8 heteroatoms. The quantitative estimate of drug-likeness (QED) is 0.681. The van der Waals surface area contributed by atoms with E-state index in [0.717, 1.165) is 0 Å². The van der Waals surface area contributed by atoms with E-state index < -0.39 is 22.0 Å². The van der Waals surface area contributed by atoms with E-state index in [1.54, 1.807) is 31.2 Å². The van der Waals surface area contributed by atoms with Crippen molar-refractivity contribution in [1.29, 1.82) is 0 Å². The van der Waals surface area contributed by atoms with Crippen LogP contribution in [0.15, 0.2) is 53.6 Å². The highest BCUT2D eigenvalue weighted by Gasteiger charge is 2.26. The number of pyridine rings is 1. The molecule has 0 fully saturated rings. The van der Waals surface area contributed by atoms with Gasteiger partial charge < -0.3 is 10.4 Å². The predicted molar refractivity (Wildman–Crippen MR) is 105 cm³/mol. The zero-order valence-electron chi connectivity index (χ0n) is 15.7. The maximum absolute atomic E-state index is 12.9. The van der Waals surface area contributed by atoms with Gasteiger partial charge in [0.2, 0.25) is 0 Å². The summed E-state index contributed by atoms with van der Waals surface area (Å²) in [4.78, 5) is 15.6. The Bertz CT molecular complexity index is 854. The normalized spacial score (nSPS) is 13.6. The van der Waals surface area contributed by atoms with Crippen LogP contribution in [-0.4, -0.2) is 37.1 Å². The number of benzene rings is 1. The van der Waals surface area contributed by atoms with Gasteiger partial charge in [0.15, 0.2) is 0 Å². The van der Waals surface area contributed by atoms with Gasteiger partial charge in [-0.15, -0.1) is 0 Å². The molecule has 0 aliphatic carbocycles. The Morgan fingerprint density at radius 2 is 1.85 bits per heavy atom. The molecule has 2 aromatic rings. The monoisotopic (exact) mass is 391 g/mol. The fourth-order valence-corrected chi connectivity index (χ4v) is 4.09. The van der Waals surface area contributed by atoms with Crippen molar-refractivity contribution in [3.05, 3.63) is 48.7 Å². The molecular formula is C19H25N3O4S. The van der Waals surface area contributed by atoms with Gasteiger partial charge in [-0.1, -0.05) is 38.5 Å². The zero-order chi connectivity index (χ0) is 20.0. The number of hydrogen-bond donors (Lipinski definition) is 2. The van der Waals surface area contributed by atoms with E-state index in [4.69, 9.17) is 0 Å². The van der Waals surface area contributed by atoms with E-state index in [1.165, 1.54) is 22.6 Å². The molecule has 1 aromatic heterocycles. The van der Waals surface area contributed by atoms with Crippen molar-refractivity contribution in [3.8, 4) is 0 Å². The van der Waals surface area contributed by atoms with Crippen molar-refractivity contribution < 1.29 is 18.3 Å². The van der Waals surface area contributed by atoms with Crippen LogP contribution in [0.25, 0.3) is 0 Å². The van der Waals surface area contributed by atoms with E-state index in [0.29, 0.717) is 17.9 Å². The highest BCUT2D eigenvalue weighted by molar-refractivity contribution is 7.92. The molecule has 0 radical (unpaired) electrons. The summed E-state index contributed by atoms with van der Waals surface area (Å²) in [5.41, 5.74) is 0.574. The second-order valence-corrected chi connectivity index (χ2v) is 8.09. The van der Waals surface area contributed by atoms with Gasteiger partial charge in [0.05, 0.1) is 5.69 Å². The average molecular weight is 391 g/mol. The van der Waals surface area contributed by atoms with E-state index in [9.17, 15) is 18.3 Å². The first-order valence-corrected chi connectivity index (χ1v) is 10.3. The van der Waals surface area contributed by atoms with Crippen molar-refractivity contribution >= 4 is 27.5 Å². The van der Waals surface area contributed by atoms with Crippen LogP contribution in [-0.2, 0) is 14.8 Å². The minimum Gasteiger partial charge on any atom is -0.480 e. The Kier molecular flexibility index (Phi) is 6.79. The first kappa shape index (κ1) is 20.7. The number of para-hydroxylation sites is 1. The molecule has 7 nitrogen and oxygen atoms in total. The molecule has 146 valence electrons. The molecule has 0 spiro atoms. The summed E-state index contributed by atoms with van der Waals surface area (Å²) in [6.45, 7) is 5.79. The number of rotatable bonds is 9. The van der Waals surface area contributed by atoms with Gasteiger partial charge in [0, 0.05) is 12.7 Å². The SMILES string of the molecule is CC[C@H](C)[C@H](Nc1ccc(S(=O)(=O)N(CC)c2ccccc2)cn1)C(=O)O. The third-order valence-corrected chi connectivity index (χ3v) is 6.32. The molecule has 1 aromatic carbocycles. The standard InChI is InChI=1S/C19H25N3O4S/c1-4-14(3)18(19(23)24)21-17-12-11-16(13-20-17)27(25,26)22(5-2)15-9-7-6-8-10-15/h6-14,18H,4-5H2,1-3H3,(H,20,21)(H,23,24)/t14-,18-/m0/s1. The molecule has 1 heterocycles. The summed E-state index contributed by atoms with van der Waals surface area (Å²) in [5.74, 6) is -0.741. The highest BCUT2D eigenvalue weighted by Crippen LogP contribution is 2.23. The van der Waals surface area contributed by atoms with Crippen LogP contribution in [0, 0.1) is 5.92 Å². The molecule has 0 aliphatic rings. The van der Waals surface area contributed by atoms with Gasteiger partial charge in [-0.05, 0) is 37.1 Å². The molecule has 2 rings (SSSR count). The number of anilines is 2. The van der Waals surface area contributed by atoms with E-state index in [-0.39, 0.29) is 17.4 Å². The molecule has 2 N–H and O–H groups in total. The molecule has 0 unspecified atom stereocenters. The topological polar surface area (TPSA) is 99.6 Å². The summed E-state index contributed by atoms with van der Waals surface area (Å²) in [6.07, 6.45) is 1.94. The lowest BCUT2D eigenvalue weighted by Crippen LogP contribution is -2.35. The molecule has 0 saturated heterocycles. The average Bonchev–Trinajstić information content (AvgIpc) is 2.67. The minimum atomic E-state index is -3.76. The largest absolute Gasteiger partial charge is 0.480 e. The van der Waals surface area contributed by atoms with E-state index in [2.05, 4.69) is 10.3 Å². The van der Waals surface area contributed by atoms with Gasteiger partial charge in [0.1, 0.15) is 16.8 Å². The maximum atomic E-state index is 12.9. The van der Waals surface area contributed by atoms with E-state index in [1.807, 2.05) is 19.9 Å². The smallest absolute Gasteiger partial charge is 0.326 e. The Morgan fingerprint density at radius 3 is 2.33 bits per heavy atom. The third-order valence-electron chi connectivity index (χ3n) is 4.44. The summed E-state index contributed by atoms with van der Waals surface area (Å²) in [7, 11) is -3.76. The van der Waals surface area contributed by atoms with Gasteiger partial charge in [-0.25, -0.2) is 18.2 Å². The number of hydrogen-bond acceptors (Lipinski definition) is 5. The van der Waals surface area contributed by atoms with Crippen LogP contribution < -0.4 is 9.62 Å². The van der Waals surface area contributed by atoms with Crippen molar-refractivity contribution in [2.24, 2.45) is 5.92 Å². The van der Waals surface area contributed by atoms with Crippen molar-refractivity contribution in [3.63, 3.8) is 0 Å². The lowest BCUT2D eigenvalue weighted by atomic mass is 9.99. The van der Waals surface area contributed by atoms with Gasteiger partial charge >= 0.3 is 5.97 Å². The molecule has 0 bridgehead atoms. The number of carboxylic acids is 1. The fraction of sp³-hybridized carbons (Fsp3) is 0.368. The van der Waals surface area contributed by atoms with Crippen LogP contribution in [0.5, 0.6) is 0 Å². The number of carboxylic acid groups (broad SMARTS) is 1. The number of aliphatic carboxylic acids is 1. The Labute approximate surface area is 160 Å². The summed E-state index contributed by atoms with van der Waals surface area (Å²) >= 11 is 0. The van der Waals surface area contributed by atoms with Crippen molar-refractivity contribution in [2.45, 2.75) is 38.1 Å². The Morgan fingerprint density at radius 1 is 1.19 bits per heavy atom. The first-order valence-electron chi connectivity index (χ1n) is 8.84. The first-order chi connectivity index (χ1) is 12.8. The summed E-state index contributed by atoms with van der Waals surface area (Å²) in [5, 5.41) is 12.2. The van der Waals surface area contributed by atoms with Crippen LogP contribution in [0.3, 0.4) is 0 Å². The summed E-state index contributed by atoms with van der Waals surface area (Å²) < 4.78 is 27.2. The zero-order valence-corrected chi connectivity index (χ0v) is 16.5. The van der Waals surface area contributed by atoms with Crippen LogP contribution in [0.2, 0.25) is 0 Å². The van der Waals surface area contributed by atoms with Crippen LogP contribution >= 0.6 is 0 Å². The molecule has 0 aliphatic heterocycles. The van der Waals surface area contributed by atoms with Gasteiger partial charge in [-0.2, -0.15) is 0 Å². The van der Waals surface area contributed by atoms with Crippen LogP contribution in [0.4, 0.5) is 11.5 Å². The number of sulfonamides is 1. The van der Waals surface area contributed by atoms with Gasteiger partial charge in [0.25, 0.3) is 10.0 Å². The predicted octanol–water partition coefficient (Wildman–Crippen LogP) is 3.21. The molecular weight excluding hydrogens is 366 g/mol. The number of aromatic nitrogens is 1. The molecule has 27 heavy (non-hydrogen) atoms. The lowest BCUT2D eigenvalue weighted by molar-refractivity contribution is -0.139. The highest BCUT2D eigenvalue weighted by atomic mass is 32.2. The lowest BCUT2D eigenvalue weighted by Gasteiger charge is -2.23. The maximum Gasteiger partial charge on any atom is 0.326 e. The Hall–Kier alpha value is -2.61. The summed E-state index contributed by atoms with van der Waals surface area (Å²) in [6, 6.07) is 11.0. The Balaban J connectivity index is 2.26. The molecule has 2 atom stereocenters. The second-order valence-electron chi connectivity index (χ2n) is 6.23. The molecule has 0 saturated carbocycles. The second kappa shape index (κ2) is 8.85.